The summed E-state index contributed by atoms with van der Waals surface area (Å²) in [6.45, 7) is 3.01. The summed E-state index contributed by atoms with van der Waals surface area (Å²) in [7, 11) is 0. The highest BCUT2D eigenvalue weighted by atomic mass is 79.9. The van der Waals surface area contributed by atoms with Crippen LogP contribution in [0.15, 0.2) is 40.9 Å². The fourth-order valence-corrected chi connectivity index (χ4v) is 2.33. The quantitative estimate of drug-likeness (QED) is 0.807. The molecule has 0 saturated carbocycles. The van der Waals surface area contributed by atoms with Gasteiger partial charge >= 0.3 is 0 Å². The van der Waals surface area contributed by atoms with Gasteiger partial charge in [0.2, 0.25) is 0 Å². The van der Waals surface area contributed by atoms with Crippen LogP contribution in [0.4, 0.5) is 5.69 Å². The van der Waals surface area contributed by atoms with E-state index < -0.39 is 0 Å². The van der Waals surface area contributed by atoms with Crippen LogP contribution in [0.1, 0.15) is 12.5 Å². The molecule has 0 atom stereocenters. The minimum Gasteiger partial charge on any atom is -0.504 e. The molecule has 0 heterocycles. The summed E-state index contributed by atoms with van der Waals surface area (Å²) in [5.74, 6) is 0.650. The third-order valence-corrected chi connectivity index (χ3v) is 3.66. The Morgan fingerprint density at radius 3 is 2.80 bits per heavy atom. The molecule has 0 aliphatic carbocycles. The number of nitrogens with one attached hydrogen (secondary N) is 1. The van der Waals surface area contributed by atoms with Crippen molar-refractivity contribution in [2.45, 2.75) is 13.5 Å². The maximum absolute atomic E-state index is 9.66. The summed E-state index contributed by atoms with van der Waals surface area (Å²) in [5, 5.41) is 13.6. The van der Waals surface area contributed by atoms with Crippen LogP contribution in [0.25, 0.3) is 0 Å². The molecule has 0 aliphatic heterocycles. The van der Waals surface area contributed by atoms with Gasteiger partial charge < -0.3 is 15.2 Å². The molecule has 0 unspecified atom stereocenters. The largest absolute Gasteiger partial charge is 0.504 e. The molecule has 5 heteroatoms. The van der Waals surface area contributed by atoms with Crippen molar-refractivity contribution >= 4 is 33.2 Å². The minimum absolute atomic E-state index is 0.152. The molecule has 2 N–H and O–H groups in total. The molecule has 20 heavy (non-hydrogen) atoms. The van der Waals surface area contributed by atoms with E-state index >= 15 is 0 Å². The zero-order chi connectivity index (χ0) is 14.5. The van der Waals surface area contributed by atoms with Crippen molar-refractivity contribution in [2.75, 3.05) is 11.9 Å². The standard InChI is InChI=1S/C15H15BrClNO2/c1-2-20-15-7-10(3-6-14(15)19)9-18-13-8-11(17)4-5-12(13)16/h3-8,18-19H,2,9H2,1H3. The molecular formula is C15H15BrClNO2. The van der Waals surface area contributed by atoms with E-state index in [0.717, 1.165) is 15.7 Å². The van der Waals surface area contributed by atoms with Gasteiger partial charge in [-0.3, -0.25) is 0 Å². The maximum atomic E-state index is 9.66. The molecule has 106 valence electrons. The average Bonchev–Trinajstić information content (AvgIpc) is 2.43. The third-order valence-electron chi connectivity index (χ3n) is 2.74. The van der Waals surface area contributed by atoms with Crippen molar-refractivity contribution < 1.29 is 9.84 Å². The summed E-state index contributed by atoms with van der Waals surface area (Å²) in [6.07, 6.45) is 0. The Morgan fingerprint density at radius 2 is 2.05 bits per heavy atom. The molecule has 2 aromatic carbocycles. The van der Waals surface area contributed by atoms with E-state index in [2.05, 4.69) is 21.2 Å². The van der Waals surface area contributed by atoms with Crippen LogP contribution >= 0.6 is 27.5 Å². The van der Waals surface area contributed by atoms with Crippen molar-refractivity contribution in [3.05, 3.63) is 51.5 Å². The zero-order valence-electron chi connectivity index (χ0n) is 11.0. The second kappa shape index (κ2) is 6.86. The van der Waals surface area contributed by atoms with E-state index in [4.69, 9.17) is 16.3 Å². The second-order valence-corrected chi connectivity index (χ2v) is 5.50. The number of rotatable bonds is 5. The Labute approximate surface area is 131 Å². The molecular weight excluding hydrogens is 342 g/mol. The molecule has 2 aromatic rings. The molecule has 0 fully saturated rings. The van der Waals surface area contributed by atoms with Crippen LogP contribution in [0.2, 0.25) is 5.02 Å². The van der Waals surface area contributed by atoms with E-state index in [9.17, 15) is 5.11 Å². The van der Waals surface area contributed by atoms with Crippen molar-refractivity contribution in [2.24, 2.45) is 0 Å². The van der Waals surface area contributed by atoms with Gasteiger partial charge in [-0.05, 0) is 58.7 Å². The molecule has 0 radical (unpaired) electrons. The number of benzene rings is 2. The van der Waals surface area contributed by atoms with Crippen molar-refractivity contribution in [1.82, 2.24) is 0 Å². The molecule has 0 amide bonds. The van der Waals surface area contributed by atoms with Crippen LogP contribution in [-0.2, 0) is 6.54 Å². The monoisotopic (exact) mass is 355 g/mol. The fraction of sp³-hybridized carbons (Fsp3) is 0.200. The smallest absolute Gasteiger partial charge is 0.161 e. The number of halogens is 2. The number of anilines is 1. The van der Waals surface area contributed by atoms with Crippen LogP contribution in [0.5, 0.6) is 11.5 Å². The Kier molecular flexibility index (Phi) is 5.15. The molecule has 0 aromatic heterocycles. The number of phenols is 1. The minimum atomic E-state index is 0.152. The first kappa shape index (κ1) is 15.0. The number of hydrogen-bond acceptors (Lipinski definition) is 3. The first-order chi connectivity index (χ1) is 9.60. The van der Waals surface area contributed by atoms with Crippen molar-refractivity contribution in [3.63, 3.8) is 0 Å². The van der Waals surface area contributed by atoms with E-state index in [1.54, 1.807) is 6.07 Å². The van der Waals surface area contributed by atoms with Gasteiger partial charge in [-0.15, -0.1) is 0 Å². The van der Waals surface area contributed by atoms with Crippen LogP contribution in [0, 0.1) is 0 Å². The van der Waals surface area contributed by atoms with Gasteiger partial charge in [-0.2, -0.15) is 0 Å². The lowest BCUT2D eigenvalue weighted by molar-refractivity contribution is 0.318. The SMILES string of the molecule is CCOc1cc(CNc2cc(Cl)ccc2Br)ccc1O. The predicted molar refractivity (Wildman–Crippen MR) is 85.8 cm³/mol. The van der Waals surface area contributed by atoms with E-state index in [1.165, 1.54) is 0 Å². The van der Waals surface area contributed by atoms with Crippen LogP contribution in [-0.4, -0.2) is 11.7 Å². The van der Waals surface area contributed by atoms with Gasteiger partial charge in [0.15, 0.2) is 11.5 Å². The van der Waals surface area contributed by atoms with Gasteiger partial charge in [-0.1, -0.05) is 17.7 Å². The van der Waals surface area contributed by atoms with Crippen LogP contribution < -0.4 is 10.1 Å². The summed E-state index contributed by atoms with van der Waals surface area (Å²) in [6, 6.07) is 10.9. The zero-order valence-corrected chi connectivity index (χ0v) is 13.3. The summed E-state index contributed by atoms with van der Waals surface area (Å²) >= 11 is 9.44. The highest BCUT2D eigenvalue weighted by molar-refractivity contribution is 9.10. The van der Waals surface area contributed by atoms with E-state index in [-0.39, 0.29) is 5.75 Å². The van der Waals surface area contributed by atoms with Gasteiger partial charge in [-0.25, -0.2) is 0 Å². The van der Waals surface area contributed by atoms with Crippen LogP contribution in [0.3, 0.4) is 0 Å². The summed E-state index contributed by atoms with van der Waals surface area (Å²) in [4.78, 5) is 0. The Morgan fingerprint density at radius 1 is 1.25 bits per heavy atom. The Bertz CT molecular complexity index is 604. The first-order valence-electron chi connectivity index (χ1n) is 6.23. The highest BCUT2D eigenvalue weighted by Crippen LogP contribution is 2.29. The Balaban J connectivity index is 2.10. The summed E-state index contributed by atoms with van der Waals surface area (Å²) < 4.78 is 6.31. The first-order valence-corrected chi connectivity index (χ1v) is 7.41. The van der Waals surface area contributed by atoms with Crippen molar-refractivity contribution in [3.8, 4) is 11.5 Å². The predicted octanol–water partition coefficient (Wildman–Crippen LogP) is 4.82. The number of aromatic hydroxyl groups is 1. The number of phenolic OH excluding ortho intramolecular Hbond substituents is 1. The molecule has 0 bridgehead atoms. The lowest BCUT2D eigenvalue weighted by Gasteiger charge is -2.11. The van der Waals surface area contributed by atoms with Gasteiger partial charge in [0.25, 0.3) is 0 Å². The third kappa shape index (κ3) is 3.81. The second-order valence-electron chi connectivity index (χ2n) is 4.21. The Hall–Kier alpha value is -1.39. The molecule has 0 spiro atoms. The van der Waals surface area contributed by atoms with E-state index in [1.807, 2.05) is 37.3 Å². The van der Waals surface area contributed by atoms with Gasteiger partial charge in [0.05, 0.1) is 12.3 Å². The molecule has 2 rings (SSSR count). The number of hydrogen-bond donors (Lipinski definition) is 2. The number of ether oxygens (including phenoxy) is 1. The highest BCUT2D eigenvalue weighted by Gasteiger charge is 2.05. The maximum Gasteiger partial charge on any atom is 0.161 e. The fourth-order valence-electron chi connectivity index (χ4n) is 1.77. The molecule has 0 saturated heterocycles. The summed E-state index contributed by atoms with van der Waals surface area (Å²) in [5.41, 5.74) is 1.93. The molecule has 3 nitrogen and oxygen atoms in total. The van der Waals surface area contributed by atoms with E-state index in [0.29, 0.717) is 23.9 Å². The van der Waals surface area contributed by atoms with Crippen molar-refractivity contribution in [1.29, 1.82) is 0 Å². The average molecular weight is 357 g/mol. The van der Waals surface area contributed by atoms with Gasteiger partial charge in [0.1, 0.15) is 0 Å². The lowest BCUT2D eigenvalue weighted by atomic mass is 10.2. The lowest BCUT2D eigenvalue weighted by Crippen LogP contribution is -2.01. The van der Waals surface area contributed by atoms with Gasteiger partial charge in [0, 0.05) is 16.0 Å². The normalized spacial score (nSPS) is 10.3. The molecule has 0 aliphatic rings. The topological polar surface area (TPSA) is 41.5 Å².